The van der Waals surface area contributed by atoms with Crippen LogP contribution in [0.15, 0.2) is 47.6 Å². The summed E-state index contributed by atoms with van der Waals surface area (Å²) in [4.78, 5) is 27.5. The van der Waals surface area contributed by atoms with Gasteiger partial charge in [-0.2, -0.15) is 5.10 Å². The highest BCUT2D eigenvalue weighted by atomic mass is 16.5. The summed E-state index contributed by atoms with van der Waals surface area (Å²) in [5, 5.41) is 6.22. The van der Waals surface area contributed by atoms with Crippen LogP contribution in [0.2, 0.25) is 0 Å². The highest BCUT2D eigenvalue weighted by Gasteiger charge is 2.35. The smallest absolute Gasteiger partial charge is 0.262 e. The molecule has 0 saturated heterocycles. The summed E-state index contributed by atoms with van der Waals surface area (Å²) >= 11 is 0. The van der Waals surface area contributed by atoms with Gasteiger partial charge < -0.3 is 19.1 Å². The van der Waals surface area contributed by atoms with Crippen LogP contribution >= 0.6 is 0 Å². The van der Waals surface area contributed by atoms with Crippen molar-refractivity contribution in [2.75, 3.05) is 34.9 Å². The van der Waals surface area contributed by atoms with Crippen LogP contribution < -0.4 is 14.2 Å². The van der Waals surface area contributed by atoms with Crippen LogP contribution in [-0.2, 0) is 9.59 Å². The summed E-state index contributed by atoms with van der Waals surface area (Å²) in [6, 6.07) is 12.9. The van der Waals surface area contributed by atoms with E-state index >= 15 is 0 Å². The van der Waals surface area contributed by atoms with E-state index in [1.165, 1.54) is 9.91 Å². The highest BCUT2D eigenvalue weighted by molar-refractivity contribution is 6.03. The normalized spacial score (nSPS) is 17.6. The first-order valence-corrected chi connectivity index (χ1v) is 11.5. The predicted octanol–water partition coefficient (Wildman–Crippen LogP) is 3.65. The summed E-state index contributed by atoms with van der Waals surface area (Å²) in [5.74, 6) is 1.80. The van der Waals surface area contributed by atoms with Gasteiger partial charge in [0, 0.05) is 19.4 Å². The number of ether oxygens (including phenoxy) is 3. The Morgan fingerprint density at radius 2 is 1.71 bits per heavy atom. The number of amides is 2. The van der Waals surface area contributed by atoms with E-state index in [4.69, 9.17) is 19.3 Å². The number of hydrazone groups is 1. The lowest BCUT2D eigenvalue weighted by molar-refractivity contribution is -0.144. The minimum absolute atomic E-state index is 0.0154. The molecule has 34 heavy (non-hydrogen) atoms. The summed E-state index contributed by atoms with van der Waals surface area (Å²) in [7, 11) is 6.48. The van der Waals surface area contributed by atoms with Crippen LogP contribution in [0.5, 0.6) is 17.2 Å². The third-order valence-corrected chi connectivity index (χ3v) is 6.58. The van der Waals surface area contributed by atoms with Crippen molar-refractivity contribution < 1.29 is 23.8 Å². The van der Waals surface area contributed by atoms with Crippen LogP contribution in [0, 0.1) is 5.92 Å². The van der Waals surface area contributed by atoms with Gasteiger partial charge in [-0.3, -0.25) is 9.59 Å². The molecule has 0 bridgehead atoms. The van der Waals surface area contributed by atoms with Crippen molar-refractivity contribution in [2.24, 2.45) is 11.0 Å². The van der Waals surface area contributed by atoms with Gasteiger partial charge >= 0.3 is 0 Å². The molecule has 1 aliphatic carbocycles. The Bertz CT molecular complexity index is 1080. The average molecular weight is 466 g/mol. The number of carbonyl (C=O) groups is 2. The lowest BCUT2D eigenvalue weighted by atomic mass is 9.84. The second-order valence-corrected chi connectivity index (χ2v) is 8.67. The number of likely N-dealkylation sites (N-methyl/N-ethyl adjacent to an activating group) is 1. The molecule has 1 atom stereocenters. The summed E-state index contributed by atoms with van der Waals surface area (Å²) in [5.41, 5.74) is 2.59. The summed E-state index contributed by atoms with van der Waals surface area (Å²) < 4.78 is 16.1. The van der Waals surface area contributed by atoms with E-state index in [0.717, 1.165) is 41.9 Å². The second kappa shape index (κ2) is 10.2. The Balaban J connectivity index is 1.62. The molecule has 0 N–H and O–H groups in total. The summed E-state index contributed by atoms with van der Waals surface area (Å²) in [6.45, 7) is -0.0154. The maximum absolute atomic E-state index is 13.4. The van der Waals surface area contributed by atoms with Gasteiger partial charge in [0.2, 0.25) is 5.91 Å². The highest BCUT2D eigenvalue weighted by Crippen LogP contribution is 2.37. The molecule has 1 heterocycles. The van der Waals surface area contributed by atoms with Crippen LogP contribution in [0.3, 0.4) is 0 Å². The molecule has 1 fully saturated rings. The third-order valence-electron chi connectivity index (χ3n) is 6.58. The maximum Gasteiger partial charge on any atom is 0.262 e. The molecule has 8 nitrogen and oxygen atoms in total. The zero-order chi connectivity index (χ0) is 24.2. The first-order chi connectivity index (χ1) is 16.4. The fourth-order valence-electron chi connectivity index (χ4n) is 4.34. The molecular weight excluding hydrogens is 434 g/mol. The number of rotatable bonds is 8. The molecule has 8 heteroatoms. The second-order valence-electron chi connectivity index (χ2n) is 8.67. The van der Waals surface area contributed by atoms with Crippen LogP contribution in [0.4, 0.5) is 0 Å². The van der Waals surface area contributed by atoms with Gasteiger partial charge in [-0.15, -0.1) is 0 Å². The Kier molecular flexibility index (Phi) is 7.05. The molecule has 2 aliphatic rings. The molecule has 2 amide bonds. The van der Waals surface area contributed by atoms with E-state index in [1.807, 2.05) is 42.5 Å². The molecule has 0 spiro atoms. The van der Waals surface area contributed by atoms with Gasteiger partial charge in [-0.25, -0.2) is 5.01 Å². The monoisotopic (exact) mass is 465 g/mol. The number of carbonyl (C=O) groups excluding carboxylic acids is 2. The predicted molar refractivity (Wildman–Crippen MR) is 128 cm³/mol. The Hall–Kier alpha value is -3.55. The molecule has 4 rings (SSSR count). The number of hydrogen-bond donors (Lipinski definition) is 0. The number of hydrogen-bond acceptors (Lipinski definition) is 6. The topological polar surface area (TPSA) is 80.7 Å². The lowest BCUT2D eigenvalue weighted by Crippen LogP contribution is -2.42. The largest absolute Gasteiger partial charge is 0.497 e. The number of benzene rings is 2. The van der Waals surface area contributed by atoms with Crippen molar-refractivity contribution in [3.05, 3.63) is 53.6 Å². The molecule has 1 saturated carbocycles. The molecule has 2 aromatic carbocycles. The Morgan fingerprint density at radius 1 is 1.00 bits per heavy atom. The Morgan fingerprint density at radius 3 is 2.29 bits per heavy atom. The Labute approximate surface area is 200 Å². The molecule has 0 radical (unpaired) electrons. The van der Waals surface area contributed by atoms with Crippen molar-refractivity contribution in [2.45, 2.75) is 31.7 Å². The quantitative estimate of drug-likeness (QED) is 0.595. The molecule has 0 unspecified atom stereocenters. The molecule has 1 aliphatic heterocycles. The fraction of sp³-hybridized carbons (Fsp3) is 0.423. The molecule has 2 aromatic rings. The van der Waals surface area contributed by atoms with E-state index in [1.54, 1.807) is 28.4 Å². The SMILES string of the molecule is COc1ccc(C2=NN(C(=O)CN(C)C(=O)C3CCC3)[C@H](c3ccc(OC)c(OC)c3)C2)cc1. The van der Waals surface area contributed by atoms with E-state index in [-0.39, 0.29) is 30.3 Å². The zero-order valence-corrected chi connectivity index (χ0v) is 20.1. The van der Waals surface area contributed by atoms with Gasteiger partial charge in [-0.05, 0) is 60.4 Å². The standard InChI is InChI=1S/C26H31N3O5/c1-28(26(31)18-6-5-7-18)16-25(30)29-22(19-10-13-23(33-3)24(14-19)34-4)15-21(27-29)17-8-11-20(32-2)12-9-17/h8-14,18,22H,5-7,15-16H2,1-4H3/t22-/m0/s1. The van der Waals surface area contributed by atoms with Gasteiger partial charge in [0.1, 0.15) is 12.3 Å². The van der Waals surface area contributed by atoms with Gasteiger partial charge in [-0.1, -0.05) is 12.5 Å². The van der Waals surface area contributed by atoms with Gasteiger partial charge in [0.05, 0.1) is 33.1 Å². The minimum Gasteiger partial charge on any atom is -0.497 e. The fourth-order valence-corrected chi connectivity index (χ4v) is 4.34. The molecular formula is C26H31N3O5. The van der Waals surface area contributed by atoms with Crippen molar-refractivity contribution in [1.29, 1.82) is 0 Å². The van der Waals surface area contributed by atoms with Crippen LogP contribution in [-0.4, -0.2) is 62.4 Å². The average Bonchev–Trinajstić information content (AvgIpc) is 3.28. The van der Waals surface area contributed by atoms with Crippen molar-refractivity contribution >= 4 is 17.5 Å². The first-order valence-electron chi connectivity index (χ1n) is 11.5. The van der Waals surface area contributed by atoms with Crippen molar-refractivity contribution in [3.63, 3.8) is 0 Å². The van der Waals surface area contributed by atoms with E-state index in [2.05, 4.69) is 0 Å². The van der Waals surface area contributed by atoms with E-state index in [0.29, 0.717) is 17.9 Å². The van der Waals surface area contributed by atoms with Crippen molar-refractivity contribution in [3.8, 4) is 17.2 Å². The minimum atomic E-state index is -0.323. The van der Waals surface area contributed by atoms with E-state index in [9.17, 15) is 9.59 Å². The number of nitrogens with zero attached hydrogens (tertiary/aromatic N) is 3. The summed E-state index contributed by atoms with van der Waals surface area (Å²) in [6.07, 6.45) is 3.40. The van der Waals surface area contributed by atoms with Crippen LogP contribution in [0.25, 0.3) is 0 Å². The van der Waals surface area contributed by atoms with Crippen molar-refractivity contribution in [1.82, 2.24) is 9.91 Å². The van der Waals surface area contributed by atoms with Gasteiger partial charge in [0.15, 0.2) is 11.5 Å². The third kappa shape index (κ3) is 4.71. The van der Waals surface area contributed by atoms with Crippen LogP contribution in [0.1, 0.15) is 42.9 Å². The molecule has 180 valence electrons. The lowest BCUT2D eigenvalue weighted by Gasteiger charge is -2.30. The molecule has 0 aromatic heterocycles. The van der Waals surface area contributed by atoms with Gasteiger partial charge in [0.25, 0.3) is 5.91 Å². The number of methoxy groups -OCH3 is 3. The first kappa shape index (κ1) is 23.6. The maximum atomic E-state index is 13.4. The zero-order valence-electron chi connectivity index (χ0n) is 20.1. The van der Waals surface area contributed by atoms with E-state index < -0.39 is 0 Å².